The zero-order valence-electron chi connectivity index (χ0n) is 12.2. The summed E-state index contributed by atoms with van der Waals surface area (Å²) in [4.78, 5) is 15.8. The molecule has 2 bridgehead atoms. The number of nitrogens with one attached hydrogen (secondary N) is 1. The van der Waals surface area contributed by atoms with Crippen molar-refractivity contribution in [2.24, 2.45) is 5.10 Å². The van der Waals surface area contributed by atoms with Crippen LogP contribution < -0.4 is 11.0 Å². The van der Waals surface area contributed by atoms with Crippen LogP contribution in [-0.4, -0.2) is 10.0 Å². The molecule has 2 aromatic rings. The van der Waals surface area contributed by atoms with Crippen molar-refractivity contribution in [3.8, 4) is 0 Å². The highest BCUT2D eigenvalue weighted by molar-refractivity contribution is 8.13. The summed E-state index contributed by atoms with van der Waals surface area (Å²) in [5, 5.41) is 4.99. The van der Waals surface area contributed by atoms with Gasteiger partial charge in [-0.1, -0.05) is 30.0 Å². The first-order valence-electron chi connectivity index (χ1n) is 6.79. The standard InChI is InChI=1S/C16H14FN3OS/c1-9-10(2)15(21)18-14-7-12(9)16(20-19-14)22-8-11-5-3-4-6-13(11)17/h3-7H,8H2,1-2H3,(H,18,19,21). The van der Waals surface area contributed by atoms with Gasteiger partial charge in [-0.2, -0.15) is 10.1 Å². The molecule has 3 rings (SSSR count). The quantitative estimate of drug-likeness (QED) is 0.924. The maximum Gasteiger partial charge on any atom is 0.274 e. The van der Waals surface area contributed by atoms with Gasteiger partial charge < -0.3 is 0 Å². The molecule has 0 spiro atoms. The number of hydrogen-bond acceptors (Lipinski definition) is 5. The summed E-state index contributed by atoms with van der Waals surface area (Å²) >= 11 is 1.43. The van der Waals surface area contributed by atoms with Crippen molar-refractivity contribution in [3.63, 3.8) is 0 Å². The minimum Gasteiger partial charge on any atom is -0.267 e. The molecule has 1 N–H and O–H groups in total. The third-order valence-electron chi connectivity index (χ3n) is 3.61. The van der Waals surface area contributed by atoms with Crippen molar-refractivity contribution in [2.75, 3.05) is 5.43 Å². The van der Waals surface area contributed by atoms with Crippen LogP contribution in [0.25, 0.3) is 0 Å². The Balaban J connectivity index is 1.92. The summed E-state index contributed by atoms with van der Waals surface area (Å²) in [5.41, 5.74) is 5.44. The summed E-state index contributed by atoms with van der Waals surface area (Å²) in [6.07, 6.45) is 0. The molecular weight excluding hydrogens is 301 g/mol. The average molecular weight is 315 g/mol. The van der Waals surface area contributed by atoms with Gasteiger partial charge in [-0.25, -0.2) is 4.39 Å². The highest BCUT2D eigenvalue weighted by Crippen LogP contribution is 2.26. The fourth-order valence-corrected chi connectivity index (χ4v) is 3.16. The molecule has 0 aliphatic carbocycles. The van der Waals surface area contributed by atoms with Crippen LogP contribution in [0.5, 0.6) is 0 Å². The second-order valence-corrected chi connectivity index (χ2v) is 5.98. The van der Waals surface area contributed by atoms with Crippen molar-refractivity contribution in [3.05, 3.63) is 68.8 Å². The lowest BCUT2D eigenvalue weighted by Crippen LogP contribution is -2.08. The van der Waals surface area contributed by atoms with Crippen LogP contribution >= 0.6 is 11.8 Å². The number of anilines is 1. The lowest BCUT2D eigenvalue weighted by atomic mass is 10.1. The molecule has 1 aromatic carbocycles. The predicted molar refractivity (Wildman–Crippen MR) is 87.8 cm³/mol. The normalized spacial score (nSPS) is 12.6. The second-order valence-electron chi connectivity index (χ2n) is 5.02. The Hall–Kier alpha value is -2.21. The largest absolute Gasteiger partial charge is 0.274 e. The van der Waals surface area contributed by atoms with E-state index in [1.54, 1.807) is 25.1 Å². The first-order valence-corrected chi connectivity index (χ1v) is 7.77. The summed E-state index contributed by atoms with van der Waals surface area (Å²) < 4.78 is 13.7. The van der Waals surface area contributed by atoms with Gasteiger partial charge in [0.1, 0.15) is 10.9 Å². The number of benzene rings is 1. The molecule has 0 fully saturated rings. The van der Waals surface area contributed by atoms with E-state index in [2.05, 4.69) is 15.5 Å². The number of fused-ring (bicyclic) bond motifs is 2. The molecule has 0 radical (unpaired) electrons. The van der Waals surface area contributed by atoms with E-state index >= 15 is 0 Å². The SMILES string of the molecule is Cc1c2cc(nc(=O)c1C)NN=C2SCc1ccccc1F. The van der Waals surface area contributed by atoms with Crippen LogP contribution in [-0.2, 0) is 5.75 Å². The molecule has 112 valence electrons. The third kappa shape index (κ3) is 2.74. The van der Waals surface area contributed by atoms with Gasteiger partial charge in [0.2, 0.25) is 0 Å². The van der Waals surface area contributed by atoms with Gasteiger partial charge >= 0.3 is 0 Å². The summed E-state index contributed by atoms with van der Waals surface area (Å²) in [6, 6.07) is 8.48. The summed E-state index contributed by atoms with van der Waals surface area (Å²) in [5.74, 6) is 0.679. The van der Waals surface area contributed by atoms with Crippen LogP contribution in [0.1, 0.15) is 22.3 Å². The maximum absolute atomic E-state index is 13.7. The number of thioether (sulfide) groups is 1. The Morgan fingerprint density at radius 3 is 2.77 bits per heavy atom. The molecule has 1 aliphatic rings. The number of halogens is 1. The van der Waals surface area contributed by atoms with Gasteiger partial charge in [0.15, 0.2) is 5.82 Å². The minimum atomic E-state index is -0.262. The van der Waals surface area contributed by atoms with E-state index in [-0.39, 0.29) is 11.4 Å². The molecule has 0 atom stereocenters. The summed E-state index contributed by atoms with van der Waals surface area (Å²) in [6.45, 7) is 3.63. The molecule has 2 heterocycles. The molecule has 0 saturated carbocycles. The lowest BCUT2D eigenvalue weighted by molar-refractivity contribution is 0.617. The van der Waals surface area contributed by atoms with Crippen molar-refractivity contribution < 1.29 is 4.39 Å². The van der Waals surface area contributed by atoms with E-state index in [9.17, 15) is 9.18 Å². The van der Waals surface area contributed by atoms with Gasteiger partial charge in [0, 0.05) is 16.9 Å². The van der Waals surface area contributed by atoms with Crippen LogP contribution in [0, 0.1) is 19.7 Å². The van der Waals surface area contributed by atoms with E-state index in [1.807, 2.05) is 13.0 Å². The highest BCUT2D eigenvalue weighted by atomic mass is 32.2. The lowest BCUT2D eigenvalue weighted by Gasteiger charge is -2.13. The predicted octanol–water partition coefficient (Wildman–Crippen LogP) is 3.22. The summed E-state index contributed by atoms with van der Waals surface area (Å²) in [7, 11) is 0. The van der Waals surface area contributed by atoms with Crippen LogP contribution in [0.3, 0.4) is 0 Å². The van der Waals surface area contributed by atoms with Crippen molar-refractivity contribution in [1.82, 2.24) is 4.98 Å². The number of nitrogens with zero attached hydrogens (tertiary/aromatic N) is 2. The van der Waals surface area contributed by atoms with Crippen LogP contribution in [0.4, 0.5) is 10.2 Å². The fraction of sp³-hybridized carbons (Fsp3) is 0.188. The number of rotatable bonds is 2. The first kappa shape index (κ1) is 14.7. The molecular formula is C16H14FN3OS. The Kier molecular flexibility index (Phi) is 3.94. The highest BCUT2D eigenvalue weighted by Gasteiger charge is 2.17. The Labute approximate surface area is 131 Å². The fourth-order valence-electron chi connectivity index (χ4n) is 2.15. The zero-order valence-corrected chi connectivity index (χ0v) is 13.0. The van der Waals surface area contributed by atoms with E-state index in [1.165, 1.54) is 17.8 Å². The smallest absolute Gasteiger partial charge is 0.267 e. The van der Waals surface area contributed by atoms with Crippen molar-refractivity contribution in [1.29, 1.82) is 0 Å². The topological polar surface area (TPSA) is 54.4 Å². The van der Waals surface area contributed by atoms with Gasteiger partial charge in [0.25, 0.3) is 5.56 Å². The third-order valence-corrected chi connectivity index (χ3v) is 4.65. The van der Waals surface area contributed by atoms with Gasteiger partial charge in [-0.3, -0.25) is 10.2 Å². The average Bonchev–Trinajstić information content (AvgIpc) is 2.60. The molecule has 6 heteroatoms. The monoisotopic (exact) mass is 315 g/mol. The van der Waals surface area contributed by atoms with E-state index in [4.69, 9.17) is 0 Å². The second kappa shape index (κ2) is 5.88. The van der Waals surface area contributed by atoms with E-state index < -0.39 is 0 Å². The van der Waals surface area contributed by atoms with Gasteiger partial charge in [-0.05, 0) is 37.1 Å². The molecule has 1 aromatic heterocycles. The Morgan fingerprint density at radius 1 is 1.23 bits per heavy atom. The van der Waals surface area contributed by atoms with Crippen molar-refractivity contribution in [2.45, 2.75) is 19.6 Å². The molecule has 0 amide bonds. The van der Waals surface area contributed by atoms with Gasteiger partial charge in [-0.15, -0.1) is 0 Å². The van der Waals surface area contributed by atoms with Crippen molar-refractivity contribution >= 4 is 22.6 Å². The maximum atomic E-state index is 13.7. The number of aromatic nitrogens is 1. The molecule has 0 unspecified atom stereocenters. The molecule has 22 heavy (non-hydrogen) atoms. The minimum absolute atomic E-state index is 0.227. The first-order chi connectivity index (χ1) is 10.6. The van der Waals surface area contributed by atoms with E-state index in [0.717, 1.165) is 16.2 Å². The molecule has 0 saturated heterocycles. The van der Waals surface area contributed by atoms with E-state index in [0.29, 0.717) is 22.7 Å². The molecule has 1 aliphatic heterocycles. The zero-order chi connectivity index (χ0) is 15.7. The van der Waals surface area contributed by atoms with Crippen LogP contribution in [0.15, 0.2) is 40.2 Å². The van der Waals surface area contributed by atoms with Crippen LogP contribution in [0.2, 0.25) is 0 Å². The Bertz CT molecular complexity index is 836. The van der Waals surface area contributed by atoms with Gasteiger partial charge in [0.05, 0.1) is 0 Å². The molecule has 4 nitrogen and oxygen atoms in total. The Morgan fingerprint density at radius 2 is 2.00 bits per heavy atom. The number of hydrogen-bond donors (Lipinski definition) is 1. The number of hydrazone groups is 1.